The molecule has 2 aliphatic heterocycles. The van der Waals surface area contributed by atoms with Gasteiger partial charge in [0.05, 0.1) is 12.1 Å². The quantitative estimate of drug-likeness (QED) is 0.334. The third-order valence-corrected chi connectivity index (χ3v) is 8.49. The highest BCUT2D eigenvalue weighted by atomic mass is 35.5. The van der Waals surface area contributed by atoms with Crippen LogP contribution in [-0.4, -0.2) is 29.4 Å². The van der Waals surface area contributed by atoms with Gasteiger partial charge in [-0.2, -0.15) is 0 Å². The molecule has 3 aromatic rings. The van der Waals surface area contributed by atoms with Gasteiger partial charge in [-0.05, 0) is 41.5 Å². The second-order valence-corrected chi connectivity index (χ2v) is 11.9. The number of halogens is 2. The molecule has 3 aromatic carbocycles. The number of benzene rings is 3. The average molecular weight is 530 g/mol. The second kappa shape index (κ2) is 8.14. The van der Waals surface area contributed by atoms with Gasteiger partial charge in [0.1, 0.15) is 5.41 Å². The maximum absolute atomic E-state index is 14.5. The number of hydrogen-bond acceptors (Lipinski definition) is 4. The maximum atomic E-state index is 14.5. The molecule has 0 radical (unpaired) electrons. The van der Waals surface area contributed by atoms with Gasteiger partial charge in [-0.3, -0.25) is 14.4 Å². The van der Waals surface area contributed by atoms with Gasteiger partial charge >= 0.3 is 0 Å². The molecular formula is C31H25Cl2NO3. The molecule has 0 N–H and O–H groups in total. The highest BCUT2D eigenvalue weighted by molar-refractivity contribution is 6.33. The van der Waals surface area contributed by atoms with E-state index in [0.29, 0.717) is 21.2 Å². The SMILES string of the molecule is CC(C)(C)C(=O)[C@@H]1[C@H](c2ccc(Cl)cc2)C2(C(=O)c3ccccc3C2=O)[C@@H]2C=Cc3cc(Cl)ccc3N12. The van der Waals surface area contributed by atoms with Crippen LogP contribution in [0.25, 0.3) is 6.08 Å². The summed E-state index contributed by atoms with van der Waals surface area (Å²) in [5.41, 5.74) is 0.953. The minimum atomic E-state index is -1.50. The first-order chi connectivity index (χ1) is 17.6. The summed E-state index contributed by atoms with van der Waals surface area (Å²) in [5.74, 6) is -1.24. The molecule has 0 amide bonds. The van der Waals surface area contributed by atoms with Crippen LogP contribution in [0.1, 0.15) is 58.5 Å². The molecule has 2 heterocycles. The fraction of sp³-hybridized carbons (Fsp3) is 0.258. The van der Waals surface area contributed by atoms with Crippen LogP contribution < -0.4 is 4.90 Å². The van der Waals surface area contributed by atoms with Crippen molar-refractivity contribution in [1.29, 1.82) is 0 Å². The zero-order valence-corrected chi connectivity index (χ0v) is 22.2. The van der Waals surface area contributed by atoms with E-state index in [1.165, 1.54) is 0 Å². The minimum Gasteiger partial charge on any atom is -0.352 e. The molecule has 37 heavy (non-hydrogen) atoms. The lowest BCUT2D eigenvalue weighted by Gasteiger charge is -2.38. The number of rotatable bonds is 2. The zero-order chi connectivity index (χ0) is 26.3. The monoisotopic (exact) mass is 529 g/mol. The standard InChI is InChI=1S/C31H25Cl2NO3/c1-30(2,3)29(37)26-25(17-8-11-19(32)12-9-17)31(27(35)21-6-4-5-7-22(21)28(31)36)24-15-10-18-16-20(33)13-14-23(18)34(24)26/h4-16,24-26H,1-3H3/t24-,25-,26-/m0/s1. The highest BCUT2D eigenvalue weighted by Crippen LogP contribution is 2.61. The topological polar surface area (TPSA) is 54.5 Å². The van der Waals surface area contributed by atoms with Crippen molar-refractivity contribution in [1.82, 2.24) is 0 Å². The Morgan fingerprint density at radius 2 is 1.46 bits per heavy atom. The fourth-order valence-electron chi connectivity index (χ4n) is 6.43. The van der Waals surface area contributed by atoms with Crippen LogP contribution in [0.2, 0.25) is 10.0 Å². The maximum Gasteiger partial charge on any atom is 0.180 e. The Kier molecular flexibility index (Phi) is 5.31. The first kappa shape index (κ1) is 24.1. The number of anilines is 1. The molecular weight excluding hydrogens is 505 g/mol. The number of carbonyl (C=O) groups is 3. The molecule has 1 saturated heterocycles. The first-order valence-electron chi connectivity index (χ1n) is 12.3. The Bertz CT molecular complexity index is 1480. The lowest BCUT2D eigenvalue weighted by atomic mass is 9.63. The summed E-state index contributed by atoms with van der Waals surface area (Å²) in [6, 6.07) is 18.3. The number of carbonyl (C=O) groups excluding carboxylic acids is 3. The van der Waals surface area contributed by atoms with Crippen molar-refractivity contribution in [2.24, 2.45) is 10.8 Å². The van der Waals surface area contributed by atoms with Crippen LogP contribution in [0.15, 0.2) is 72.8 Å². The molecule has 3 aliphatic rings. The van der Waals surface area contributed by atoms with E-state index in [4.69, 9.17) is 23.2 Å². The van der Waals surface area contributed by atoms with Crippen LogP contribution in [0.5, 0.6) is 0 Å². The summed E-state index contributed by atoms with van der Waals surface area (Å²) in [7, 11) is 0. The number of nitrogens with zero attached hydrogens (tertiary/aromatic N) is 1. The second-order valence-electron chi connectivity index (χ2n) is 11.1. The molecule has 186 valence electrons. The third-order valence-electron chi connectivity index (χ3n) is 8.00. The average Bonchev–Trinajstić information content (AvgIpc) is 3.29. The Morgan fingerprint density at radius 1 is 0.865 bits per heavy atom. The van der Waals surface area contributed by atoms with Crippen molar-refractivity contribution in [3.8, 4) is 0 Å². The number of hydrogen-bond donors (Lipinski definition) is 0. The molecule has 3 atom stereocenters. The minimum absolute atomic E-state index is 0.0397. The lowest BCUT2D eigenvalue weighted by Crippen LogP contribution is -2.49. The van der Waals surface area contributed by atoms with Crippen LogP contribution in [-0.2, 0) is 4.79 Å². The van der Waals surface area contributed by atoms with Crippen molar-refractivity contribution in [3.05, 3.63) is 105 Å². The van der Waals surface area contributed by atoms with Crippen molar-refractivity contribution in [2.45, 2.75) is 38.8 Å². The Labute approximate surface area is 225 Å². The molecule has 1 fully saturated rings. The summed E-state index contributed by atoms with van der Waals surface area (Å²) >= 11 is 12.6. The van der Waals surface area contributed by atoms with Crippen molar-refractivity contribution in [2.75, 3.05) is 4.90 Å². The number of Topliss-reactive ketones (excluding diaryl/α,β-unsaturated/α-hetero) is 3. The number of fused-ring (bicyclic) bond motifs is 5. The zero-order valence-electron chi connectivity index (χ0n) is 20.7. The molecule has 0 aromatic heterocycles. The van der Waals surface area contributed by atoms with Gasteiger partial charge in [-0.15, -0.1) is 0 Å². The summed E-state index contributed by atoms with van der Waals surface area (Å²) < 4.78 is 0. The van der Waals surface area contributed by atoms with E-state index in [-0.39, 0.29) is 17.3 Å². The predicted octanol–water partition coefficient (Wildman–Crippen LogP) is 7.04. The van der Waals surface area contributed by atoms with E-state index >= 15 is 0 Å². The van der Waals surface area contributed by atoms with Gasteiger partial charge in [-0.1, -0.05) is 92.5 Å². The van der Waals surface area contributed by atoms with Gasteiger partial charge in [0.15, 0.2) is 17.3 Å². The third kappa shape index (κ3) is 3.25. The van der Waals surface area contributed by atoms with Gasteiger partial charge in [0, 0.05) is 38.2 Å². The highest BCUT2D eigenvalue weighted by Gasteiger charge is 2.71. The summed E-state index contributed by atoms with van der Waals surface area (Å²) in [6.07, 6.45) is 3.82. The normalized spacial score (nSPS) is 23.3. The lowest BCUT2D eigenvalue weighted by molar-refractivity contribution is -0.127. The predicted molar refractivity (Wildman–Crippen MR) is 147 cm³/mol. The smallest absolute Gasteiger partial charge is 0.180 e. The first-order valence-corrected chi connectivity index (χ1v) is 13.1. The Hall–Kier alpha value is -3.21. The van der Waals surface area contributed by atoms with Gasteiger partial charge < -0.3 is 4.90 Å². The van der Waals surface area contributed by atoms with Crippen LogP contribution in [0, 0.1) is 10.8 Å². The van der Waals surface area contributed by atoms with Crippen LogP contribution in [0.4, 0.5) is 5.69 Å². The van der Waals surface area contributed by atoms with Crippen molar-refractivity contribution < 1.29 is 14.4 Å². The largest absolute Gasteiger partial charge is 0.352 e. The molecule has 0 saturated carbocycles. The van der Waals surface area contributed by atoms with Crippen LogP contribution in [0.3, 0.4) is 0 Å². The van der Waals surface area contributed by atoms with E-state index in [1.54, 1.807) is 42.5 Å². The van der Waals surface area contributed by atoms with E-state index in [9.17, 15) is 14.4 Å². The molecule has 1 aliphatic carbocycles. The van der Waals surface area contributed by atoms with Gasteiger partial charge in [0.2, 0.25) is 0 Å². The van der Waals surface area contributed by atoms with Crippen molar-refractivity contribution in [3.63, 3.8) is 0 Å². The Balaban J connectivity index is 1.70. The summed E-state index contributed by atoms with van der Waals surface area (Å²) in [6.45, 7) is 5.64. The Morgan fingerprint density at radius 3 is 2.05 bits per heavy atom. The molecule has 1 spiro atoms. The van der Waals surface area contributed by atoms with E-state index in [2.05, 4.69) is 0 Å². The summed E-state index contributed by atoms with van der Waals surface area (Å²) in [4.78, 5) is 45.3. The fourth-order valence-corrected chi connectivity index (χ4v) is 6.74. The van der Waals surface area contributed by atoms with Gasteiger partial charge in [0.25, 0.3) is 0 Å². The van der Waals surface area contributed by atoms with Gasteiger partial charge in [-0.25, -0.2) is 0 Å². The molecule has 4 nitrogen and oxygen atoms in total. The molecule has 0 bridgehead atoms. The van der Waals surface area contributed by atoms with Crippen molar-refractivity contribution >= 4 is 52.3 Å². The number of ketones is 3. The van der Waals surface area contributed by atoms with Crippen LogP contribution >= 0.6 is 23.2 Å². The molecule has 6 heteroatoms. The van der Waals surface area contributed by atoms with E-state index in [0.717, 1.165) is 16.8 Å². The molecule has 0 unspecified atom stereocenters. The summed E-state index contributed by atoms with van der Waals surface area (Å²) in [5, 5.41) is 1.11. The van der Waals surface area contributed by atoms with E-state index in [1.807, 2.05) is 62.1 Å². The molecule has 6 rings (SSSR count). The van der Waals surface area contributed by atoms with E-state index < -0.39 is 28.8 Å².